The first kappa shape index (κ1) is 13.8. The minimum atomic E-state index is -2.97. The van der Waals surface area contributed by atoms with Crippen LogP contribution in [0.25, 0.3) is 0 Å². The van der Waals surface area contributed by atoms with Gasteiger partial charge in [0.15, 0.2) is 21.3 Å². The summed E-state index contributed by atoms with van der Waals surface area (Å²) >= 11 is 0. The first-order valence-corrected chi connectivity index (χ1v) is 7.19. The molecule has 0 bridgehead atoms. The Labute approximate surface area is 101 Å². The van der Waals surface area contributed by atoms with E-state index in [1.165, 1.54) is 6.07 Å². The molecule has 0 saturated heterocycles. The zero-order valence-electron chi connectivity index (χ0n) is 9.68. The highest BCUT2D eigenvalue weighted by atomic mass is 32.2. The van der Waals surface area contributed by atoms with Gasteiger partial charge in [-0.2, -0.15) is 0 Å². The quantitative estimate of drug-likeness (QED) is 0.515. The lowest BCUT2D eigenvalue weighted by Gasteiger charge is -2.07. The Morgan fingerprint density at radius 3 is 2.65 bits per heavy atom. The molecule has 0 spiro atoms. The van der Waals surface area contributed by atoms with Crippen molar-refractivity contribution in [2.45, 2.75) is 13.5 Å². The molecule has 6 heteroatoms. The zero-order chi connectivity index (χ0) is 12.9. The van der Waals surface area contributed by atoms with Crippen LogP contribution < -0.4 is 5.32 Å². The van der Waals surface area contributed by atoms with Gasteiger partial charge in [0.25, 0.3) is 0 Å². The minimum Gasteiger partial charge on any atom is -0.504 e. The van der Waals surface area contributed by atoms with Crippen LogP contribution in [0.1, 0.15) is 12.5 Å². The zero-order valence-corrected chi connectivity index (χ0v) is 10.5. The lowest BCUT2D eigenvalue weighted by Crippen LogP contribution is -2.23. The molecule has 0 amide bonds. The number of phenols is 2. The lowest BCUT2D eigenvalue weighted by molar-refractivity contribution is 0.398. The molecule has 0 aromatic heterocycles. The van der Waals surface area contributed by atoms with E-state index in [0.29, 0.717) is 18.7 Å². The maximum Gasteiger partial charge on any atom is 0.161 e. The number of hydrogen-bond donors (Lipinski definition) is 3. The van der Waals surface area contributed by atoms with Crippen molar-refractivity contribution >= 4 is 9.84 Å². The smallest absolute Gasteiger partial charge is 0.161 e. The summed E-state index contributed by atoms with van der Waals surface area (Å²) in [4.78, 5) is 0. The summed E-state index contributed by atoms with van der Waals surface area (Å²) in [7, 11) is -2.97. The Kier molecular flexibility index (Phi) is 4.77. The molecule has 0 aliphatic heterocycles. The summed E-state index contributed by atoms with van der Waals surface area (Å²) in [5.41, 5.74) is 0.541. The van der Waals surface area contributed by atoms with Gasteiger partial charge in [-0.1, -0.05) is 19.1 Å². The van der Waals surface area contributed by atoms with E-state index in [1.54, 1.807) is 19.1 Å². The summed E-state index contributed by atoms with van der Waals surface area (Å²) in [6.07, 6.45) is 0. The van der Waals surface area contributed by atoms with Gasteiger partial charge in [-0.05, 0) is 6.07 Å². The van der Waals surface area contributed by atoms with Crippen LogP contribution in [-0.2, 0) is 16.4 Å². The minimum absolute atomic E-state index is 0.0725. The molecular formula is C11H17NO4S. The molecule has 0 aliphatic rings. The van der Waals surface area contributed by atoms with Gasteiger partial charge in [0.1, 0.15) is 0 Å². The summed E-state index contributed by atoms with van der Waals surface area (Å²) in [5, 5.41) is 21.7. The number of phenolic OH excluding ortho intramolecular Hbond substituents is 2. The fourth-order valence-electron chi connectivity index (χ4n) is 1.32. The predicted octanol–water partition coefficient (Wildman–Crippen LogP) is 0.622. The highest BCUT2D eigenvalue weighted by molar-refractivity contribution is 7.91. The van der Waals surface area contributed by atoms with E-state index in [9.17, 15) is 18.6 Å². The van der Waals surface area contributed by atoms with Crippen LogP contribution in [0, 0.1) is 0 Å². The van der Waals surface area contributed by atoms with E-state index >= 15 is 0 Å². The van der Waals surface area contributed by atoms with Gasteiger partial charge in [0.2, 0.25) is 0 Å². The summed E-state index contributed by atoms with van der Waals surface area (Å²) in [6, 6.07) is 4.67. The molecule has 5 nitrogen and oxygen atoms in total. The SMILES string of the molecule is CCS(=O)(=O)CCNCc1cccc(O)c1O. The lowest BCUT2D eigenvalue weighted by atomic mass is 10.2. The van der Waals surface area contributed by atoms with Crippen molar-refractivity contribution in [3.8, 4) is 11.5 Å². The monoisotopic (exact) mass is 259 g/mol. The van der Waals surface area contributed by atoms with Gasteiger partial charge < -0.3 is 15.5 Å². The topological polar surface area (TPSA) is 86.6 Å². The number of aromatic hydroxyl groups is 2. The van der Waals surface area contributed by atoms with Crippen LogP contribution in [0.5, 0.6) is 11.5 Å². The van der Waals surface area contributed by atoms with E-state index in [-0.39, 0.29) is 23.0 Å². The molecular weight excluding hydrogens is 242 g/mol. The number of benzene rings is 1. The van der Waals surface area contributed by atoms with Crippen LogP contribution >= 0.6 is 0 Å². The molecule has 0 atom stereocenters. The Morgan fingerprint density at radius 1 is 1.29 bits per heavy atom. The number of rotatable bonds is 6. The highest BCUT2D eigenvalue weighted by Gasteiger charge is 2.08. The van der Waals surface area contributed by atoms with Gasteiger partial charge >= 0.3 is 0 Å². The van der Waals surface area contributed by atoms with Crippen molar-refractivity contribution in [2.24, 2.45) is 0 Å². The fourth-order valence-corrected chi connectivity index (χ4v) is 2.06. The predicted molar refractivity (Wildman–Crippen MR) is 65.8 cm³/mol. The Morgan fingerprint density at radius 2 is 2.00 bits per heavy atom. The first-order valence-electron chi connectivity index (χ1n) is 5.37. The van der Waals surface area contributed by atoms with E-state index < -0.39 is 9.84 Å². The normalized spacial score (nSPS) is 11.6. The molecule has 17 heavy (non-hydrogen) atoms. The number of nitrogens with one attached hydrogen (secondary N) is 1. The standard InChI is InChI=1S/C11H17NO4S/c1-2-17(15,16)7-6-12-8-9-4-3-5-10(13)11(9)14/h3-5,12-14H,2,6-8H2,1H3. The van der Waals surface area contributed by atoms with Gasteiger partial charge in [0, 0.05) is 24.4 Å². The van der Waals surface area contributed by atoms with Crippen LogP contribution in [-0.4, -0.2) is 36.7 Å². The van der Waals surface area contributed by atoms with Gasteiger partial charge in [0.05, 0.1) is 5.75 Å². The van der Waals surface area contributed by atoms with Crippen molar-refractivity contribution < 1.29 is 18.6 Å². The van der Waals surface area contributed by atoms with Crippen LogP contribution in [0.4, 0.5) is 0 Å². The van der Waals surface area contributed by atoms with E-state index in [1.807, 2.05) is 0 Å². The number of sulfone groups is 1. The second-order valence-electron chi connectivity index (χ2n) is 3.70. The second kappa shape index (κ2) is 5.88. The molecule has 0 unspecified atom stereocenters. The van der Waals surface area contributed by atoms with Crippen molar-refractivity contribution in [3.63, 3.8) is 0 Å². The molecule has 1 rings (SSSR count). The molecule has 3 N–H and O–H groups in total. The van der Waals surface area contributed by atoms with Crippen molar-refractivity contribution in [1.82, 2.24) is 5.32 Å². The molecule has 0 radical (unpaired) electrons. The van der Waals surface area contributed by atoms with Crippen LogP contribution in [0.2, 0.25) is 0 Å². The molecule has 0 fully saturated rings. The highest BCUT2D eigenvalue weighted by Crippen LogP contribution is 2.27. The summed E-state index contributed by atoms with van der Waals surface area (Å²) in [5.74, 6) is -0.140. The largest absolute Gasteiger partial charge is 0.504 e. The van der Waals surface area contributed by atoms with Crippen molar-refractivity contribution in [3.05, 3.63) is 23.8 Å². The van der Waals surface area contributed by atoms with E-state index in [0.717, 1.165) is 0 Å². The fraction of sp³-hybridized carbons (Fsp3) is 0.455. The van der Waals surface area contributed by atoms with Crippen LogP contribution in [0.15, 0.2) is 18.2 Å². The van der Waals surface area contributed by atoms with Gasteiger partial charge in [-0.15, -0.1) is 0 Å². The third kappa shape index (κ3) is 4.24. The molecule has 0 saturated carbocycles. The molecule has 96 valence electrons. The van der Waals surface area contributed by atoms with Crippen molar-refractivity contribution in [2.75, 3.05) is 18.1 Å². The molecule has 0 aliphatic carbocycles. The third-order valence-corrected chi connectivity index (χ3v) is 4.15. The molecule has 0 heterocycles. The van der Waals surface area contributed by atoms with Gasteiger partial charge in [-0.3, -0.25) is 0 Å². The van der Waals surface area contributed by atoms with E-state index in [4.69, 9.17) is 0 Å². The summed E-state index contributed by atoms with van der Waals surface area (Å²) in [6.45, 7) is 2.25. The Bertz CT molecular complexity index is 470. The Balaban J connectivity index is 2.44. The van der Waals surface area contributed by atoms with Crippen LogP contribution in [0.3, 0.4) is 0 Å². The molecule has 1 aromatic carbocycles. The number of hydrogen-bond acceptors (Lipinski definition) is 5. The third-order valence-electron chi connectivity index (χ3n) is 2.44. The van der Waals surface area contributed by atoms with Crippen molar-refractivity contribution in [1.29, 1.82) is 0 Å². The van der Waals surface area contributed by atoms with E-state index in [2.05, 4.69) is 5.32 Å². The first-order chi connectivity index (χ1) is 7.96. The second-order valence-corrected chi connectivity index (χ2v) is 6.17. The van der Waals surface area contributed by atoms with Gasteiger partial charge in [-0.25, -0.2) is 8.42 Å². The average Bonchev–Trinajstić information content (AvgIpc) is 2.30. The molecule has 1 aromatic rings. The number of para-hydroxylation sites is 1. The Hall–Kier alpha value is -1.27. The average molecular weight is 259 g/mol. The summed E-state index contributed by atoms with van der Waals surface area (Å²) < 4.78 is 22.4. The maximum absolute atomic E-state index is 11.2. The maximum atomic E-state index is 11.2.